The van der Waals surface area contributed by atoms with E-state index in [1.807, 2.05) is 26.0 Å². The van der Waals surface area contributed by atoms with Gasteiger partial charge in [0.15, 0.2) is 0 Å². The van der Waals surface area contributed by atoms with Crippen LogP contribution in [0.2, 0.25) is 0 Å². The summed E-state index contributed by atoms with van der Waals surface area (Å²) < 4.78 is 10.9. The maximum absolute atomic E-state index is 5.69. The molecule has 0 fully saturated rings. The van der Waals surface area contributed by atoms with Crippen LogP contribution in [0.5, 0.6) is 5.88 Å². The highest BCUT2D eigenvalue weighted by molar-refractivity contribution is 5.52. The van der Waals surface area contributed by atoms with E-state index in [4.69, 9.17) is 9.47 Å². The first-order valence-corrected chi connectivity index (χ1v) is 6.41. The highest BCUT2D eigenvalue weighted by Gasteiger charge is 2.16. The summed E-state index contributed by atoms with van der Waals surface area (Å²) in [4.78, 5) is 4.27. The van der Waals surface area contributed by atoms with Crippen LogP contribution >= 0.6 is 0 Å². The van der Waals surface area contributed by atoms with Crippen LogP contribution in [0.3, 0.4) is 0 Å². The van der Waals surface area contributed by atoms with Gasteiger partial charge in [-0.15, -0.1) is 0 Å². The molecule has 0 aromatic carbocycles. The van der Waals surface area contributed by atoms with Crippen LogP contribution in [0.25, 0.3) is 0 Å². The van der Waals surface area contributed by atoms with Gasteiger partial charge in [0.05, 0.1) is 24.4 Å². The molecule has 0 bridgehead atoms. The van der Waals surface area contributed by atoms with Crippen molar-refractivity contribution in [2.75, 3.05) is 19.0 Å². The van der Waals surface area contributed by atoms with E-state index >= 15 is 0 Å². The van der Waals surface area contributed by atoms with E-state index in [1.165, 1.54) is 0 Å². The lowest BCUT2D eigenvalue weighted by molar-refractivity contribution is 0.170. The van der Waals surface area contributed by atoms with Crippen molar-refractivity contribution in [1.82, 2.24) is 4.98 Å². The van der Waals surface area contributed by atoms with Crippen LogP contribution in [-0.2, 0) is 4.74 Å². The average Bonchev–Trinajstić information content (AvgIpc) is 2.30. The van der Waals surface area contributed by atoms with E-state index in [0.29, 0.717) is 18.4 Å². The lowest BCUT2D eigenvalue weighted by Crippen LogP contribution is -2.30. The first-order valence-electron chi connectivity index (χ1n) is 6.41. The Balaban J connectivity index is 2.81. The molecule has 0 aliphatic rings. The van der Waals surface area contributed by atoms with Gasteiger partial charge >= 0.3 is 0 Å². The molecule has 1 N–H and O–H groups in total. The van der Waals surface area contributed by atoms with Crippen molar-refractivity contribution in [3.8, 4) is 5.88 Å². The minimum atomic E-state index is 0.111. The molecule has 1 aromatic rings. The molecule has 0 spiro atoms. The number of nitrogens with zero attached hydrogens (tertiary/aromatic N) is 1. The number of ether oxygens (including phenoxy) is 2. The van der Waals surface area contributed by atoms with Gasteiger partial charge in [0.25, 0.3) is 0 Å². The lowest BCUT2D eigenvalue weighted by Gasteiger charge is -2.24. The second-order valence-electron chi connectivity index (χ2n) is 4.97. The zero-order valence-corrected chi connectivity index (χ0v) is 11.9. The molecule has 0 aliphatic heterocycles. The van der Waals surface area contributed by atoms with E-state index < -0.39 is 0 Å². The average molecular weight is 252 g/mol. The van der Waals surface area contributed by atoms with Gasteiger partial charge in [-0.25, -0.2) is 4.98 Å². The summed E-state index contributed by atoms with van der Waals surface area (Å²) in [6.07, 6.45) is 1.85. The lowest BCUT2D eigenvalue weighted by atomic mass is 10.1. The molecule has 4 nitrogen and oxygen atoms in total. The largest absolute Gasteiger partial charge is 0.473 e. The summed E-state index contributed by atoms with van der Waals surface area (Å²) in [6, 6.07) is 4.13. The molecule has 0 saturated carbocycles. The van der Waals surface area contributed by atoms with E-state index in [2.05, 4.69) is 24.1 Å². The van der Waals surface area contributed by atoms with Crippen molar-refractivity contribution >= 4 is 5.69 Å². The molecule has 4 heteroatoms. The predicted octanol–water partition coefficient (Wildman–Crippen LogP) is 2.95. The van der Waals surface area contributed by atoms with Crippen molar-refractivity contribution in [1.29, 1.82) is 0 Å². The van der Waals surface area contributed by atoms with Gasteiger partial charge in [-0.2, -0.15) is 0 Å². The van der Waals surface area contributed by atoms with Gasteiger partial charge < -0.3 is 14.8 Å². The Labute approximate surface area is 110 Å². The van der Waals surface area contributed by atoms with Crippen molar-refractivity contribution < 1.29 is 9.47 Å². The Morgan fingerprint density at radius 2 is 2.00 bits per heavy atom. The number of hydrogen-bond acceptors (Lipinski definition) is 4. The van der Waals surface area contributed by atoms with Crippen LogP contribution in [-0.4, -0.2) is 30.8 Å². The quantitative estimate of drug-likeness (QED) is 0.810. The number of hydrogen-bond donors (Lipinski definition) is 1. The molecule has 0 aliphatic carbocycles. The third kappa shape index (κ3) is 4.53. The molecule has 0 radical (unpaired) electrons. The second-order valence-corrected chi connectivity index (χ2v) is 4.97. The topological polar surface area (TPSA) is 43.4 Å². The molecule has 1 aromatic heterocycles. The van der Waals surface area contributed by atoms with Crippen LogP contribution < -0.4 is 10.1 Å². The Morgan fingerprint density at radius 3 is 2.56 bits per heavy atom. The van der Waals surface area contributed by atoms with Crippen molar-refractivity contribution in [3.63, 3.8) is 0 Å². The van der Waals surface area contributed by atoms with E-state index in [1.54, 1.807) is 13.3 Å². The fraction of sp³-hybridized carbons (Fsp3) is 0.643. The molecule has 1 rings (SSSR count). The van der Waals surface area contributed by atoms with Crippen LogP contribution in [0.15, 0.2) is 18.3 Å². The molecule has 18 heavy (non-hydrogen) atoms. The van der Waals surface area contributed by atoms with E-state index in [9.17, 15) is 0 Å². The highest BCUT2D eigenvalue weighted by atomic mass is 16.5. The molecular formula is C14H24N2O2. The first kappa shape index (κ1) is 14.8. The number of anilines is 1. The van der Waals surface area contributed by atoms with Gasteiger partial charge in [-0.3, -0.25) is 0 Å². The summed E-state index contributed by atoms with van der Waals surface area (Å²) in [5, 5.41) is 3.44. The molecule has 0 saturated heterocycles. The Kier molecular flexibility index (Phi) is 5.92. The third-order valence-electron chi connectivity index (χ3n) is 2.61. The molecule has 102 valence electrons. The van der Waals surface area contributed by atoms with Crippen molar-refractivity contribution in [2.24, 2.45) is 5.92 Å². The SMILES string of the molecule is COCC(Nc1cccnc1OC(C)C)C(C)C. The summed E-state index contributed by atoms with van der Waals surface area (Å²) in [5.74, 6) is 1.12. The zero-order valence-electron chi connectivity index (χ0n) is 11.9. The van der Waals surface area contributed by atoms with E-state index in [-0.39, 0.29) is 12.1 Å². The summed E-state index contributed by atoms with van der Waals surface area (Å²) in [6.45, 7) is 8.97. The van der Waals surface area contributed by atoms with Crippen molar-refractivity contribution in [3.05, 3.63) is 18.3 Å². The molecule has 1 heterocycles. The zero-order chi connectivity index (χ0) is 13.5. The Morgan fingerprint density at radius 1 is 1.28 bits per heavy atom. The fourth-order valence-corrected chi connectivity index (χ4v) is 1.60. The number of nitrogens with one attached hydrogen (secondary N) is 1. The van der Waals surface area contributed by atoms with E-state index in [0.717, 1.165) is 5.69 Å². The minimum Gasteiger partial charge on any atom is -0.473 e. The maximum atomic E-state index is 5.69. The molecule has 1 atom stereocenters. The normalized spacial score (nSPS) is 12.8. The minimum absolute atomic E-state index is 0.111. The third-order valence-corrected chi connectivity index (χ3v) is 2.61. The molecule has 0 amide bonds. The van der Waals surface area contributed by atoms with Gasteiger partial charge in [0, 0.05) is 13.3 Å². The summed E-state index contributed by atoms with van der Waals surface area (Å²) in [7, 11) is 1.71. The van der Waals surface area contributed by atoms with Crippen LogP contribution in [0, 0.1) is 5.92 Å². The standard InChI is InChI=1S/C14H24N2O2/c1-10(2)13(9-17-5)16-12-7-6-8-15-14(12)18-11(3)4/h6-8,10-11,13,16H,9H2,1-5H3. The first-order chi connectivity index (χ1) is 8.54. The maximum Gasteiger partial charge on any atom is 0.237 e. The summed E-state index contributed by atoms with van der Waals surface area (Å²) in [5.41, 5.74) is 0.918. The fourth-order valence-electron chi connectivity index (χ4n) is 1.60. The molecular weight excluding hydrogens is 228 g/mol. The number of aromatic nitrogens is 1. The van der Waals surface area contributed by atoms with Crippen molar-refractivity contribution in [2.45, 2.75) is 39.8 Å². The Bertz CT molecular complexity index is 353. The van der Waals surface area contributed by atoms with Gasteiger partial charge in [-0.05, 0) is 31.9 Å². The van der Waals surface area contributed by atoms with Crippen LogP contribution in [0.4, 0.5) is 5.69 Å². The molecule has 1 unspecified atom stereocenters. The Hall–Kier alpha value is -1.29. The second kappa shape index (κ2) is 7.21. The monoisotopic (exact) mass is 252 g/mol. The van der Waals surface area contributed by atoms with Gasteiger partial charge in [0.2, 0.25) is 5.88 Å². The summed E-state index contributed by atoms with van der Waals surface area (Å²) >= 11 is 0. The number of methoxy groups -OCH3 is 1. The van der Waals surface area contributed by atoms with Gasteiger partial charge in [0.1, 0.15) is 0 Å². The van der Waals surface area contributed by atoms with Gasteiger partial charge in [-0.1, -0.05) is 13.8 Å². The van der Waals surface area contributed by atoms with Crippen LogP contribution in [0.1, 0.15) is 27.7 Å². The number of pyridine rings is 1. The predicted molar refractivity (Wildman–Crippen MR) is 74.1 cm³/mol. The number of rotatable bonds is 7. The smallest absolute Gasteiger partial charge is 0.237 e. The highest BCUT2D eigenvalue weighted by Crippen LogP contribution is 2.24.